The summed E-state index contributed by atoms with van der Waals surface area (Å²) in [6.45, 7) is 1.70. The van der Waals surface area contributed by atoms with Crippen LogP contribution in [0.5, 0.6) is 0 Å². The van der Waals surface area contributed by atoms with E-state index in [0.717, 1.165) is 23.5 Å². The Morgan fingerprint density at radius 3 is 2.62 bits per heavy atom. The van der Waals surface area contributed by atoms with E-state index in [4.69, 9.17) is 5.11 Å². The summed E-state index contributed by atoms with van der Waals surface area (Å²) in [6.07, 6.45) is 2.66. The van der Waals surface area contributed by atoms with Gasteiger partial charge in [0, 0.05) is 22.9 Å². The van der Waals surface area contributed by atoms with Crippen molar-refractivity contribution in [1.82, 2.24) is 14.6 Å². The molecule has 144 valence electrons. The van der Waals surface area contributed by atoms with E-state index in [9.17, 15) is 14.0 Å². The second kappa shape index (κ2) is 7.16. The second-order valence-corrected chi connectivity index (χ2v) is 6.46. The van der Waals surface area contributed by atoms with Crippen LogP contribution in [0.25, 0.3) is 27.9 Å². The number of carbonyl (C=O) groups excluding carboxylic acids is 1. The first kappa shape index (κ1) is 18.3. The first-order valence-corrected chi connectivity index (χ1v) is 8.65. The van der Waals surface area contributed by atoms with Gasteiger partial charge in [0.2, 0.25) is 0 Å². The highest BCUT2D eigenvalue weighted by Gasteiger charge is 2.16. The third-order valence-electron chi connectivity index (χ3n) is 4.66. The topological polar surface area (TPSA) is 96.6 Å². The van der Waals surface area contributed by atoms with E-state index < -0.39 is 11.9 Å². The smallest absolute Gasteiger partial charge is 0.409 e. The molecule has 0 spiro atoms. The molecule has 0 unspecified atom stereocenters. The summed E-state index contributed by atoms with van der Waals surface area (Å²) < 4.78 is 15.8. The van der Waals surface area contributed by atoms with Gasteiger partial charge < -0.3 is 5.11 Å². The summed E-state index contributed by atoms with van der Waals surface area (Å²) in [7, 11) is 0. The molecule has 0 fully saturated rings. The number of aldehydes is 1. The third-order valence-corrected chi connectivity index (χ3v) is 4.66. The van der Waals surface area contributed by atoms with Crippen LogP contribution in [0, 0.1) is 12.7 Å². The van der Waals surface area contributed by atoms with Crippen molar-refractivity contribution >= 4 is 23.6 Å². The van der Waals surface area contributed by atoms with Crippen molar-refractivity contribution in [3.8, 4) is 22.4 Å². The van der Waals surface area contributed by atoms with E-state index in [1.807, 2.05) is 24.4 Å². The normalized spacial score (nSPS) is 10.8. The van der Waals surface area contributed by atoms with Crippen molar-refractivity contribution in [2.45, 2.75) is 6.92 Å². The van der Waals surface area contributed by atoms with E-state index in [2.05, 4.69) is 15.4 Å². The Hall–Kier alpha value is -4.07. The fraction of sp³-hybridized carbons (Fsp3) is 0.0476. The molecule has 2 aromatic heterocycles. The van der Waals surface area contributed by atoms with E-state index >= 15 is 0 Å². The Morgan fingerprint density at radius 2 is 1.93 bits per heavy atom. The number of hydrogen-bond acceptors (Lipinski definition) is 4. The molecule has 0 aliphatic carbocycles. The minimum Gasteiger partial charge on any atom is -0.465 e. The summed E-state index contributed by atoms with van der Waals surface area (Å²) in [6, 6.07) is 11.4. The number of carbonyl (C=O) groups is 2. The van der Waals surface area contributed by atoms with Crippen LogP contribution in [0.3, 0.4) is 0 Å². The van der Waals surface area contributed by atoms with Crippen molar-refractivity contribution in [3.05, 3.63) is 71.9 Å². The molecule has 0 aliphatic heterocycles. The SMILES string of the molecule is Cc1c(NC(=O)O)cc(F)cc1-c1ncnn2cc(-c3ccc(C=O)cc3)cc12. The Bertz CT molecular complexity index is 1250. The van der Waals surface area contributed by atoms with Crippen LogP contribution in [0.2, 0.25) is 0 Å². The van der Waals surface area contributed by atoms with Crippen LogP contribution in [0.4, 0.5) is 14.9 Å². The van der Waals surface area contributed by atoms with Gasteiger partial charge in [-0.25, -0.2) is 18.7 Å². The minimum atomic E-state index is -1.28. The van der Waals surface area contributed by atoms with Gasteiger partial charge in [-0.2, -0.15) is 5.10 Å². The largest absolute Gasteiger partial charge is 0.465 e. The van der Waals surface area contributed by atoms with Crippen LogP contribution in [-0.2, 0) is 0 Å². The molecular weight excluding hydrogens is 375 g/mol. The predicted octanol–water partition coefficient (Wildman–Crippen LogP) is 4.41. The number of fused-ring (bicyclic) bond motifs is 1. The maximum atomic E-state index is 14.2. The first-order chi connectivity index (χ1) is 14.0. The highest BCUT2D eigenvalue weighted by Crippen LogP contribution is 2.33. The van der Waals surface area contributed by atoms with Gasteiger partial charge in [0.05, 0.1) is 16.9 Å². The van der Waals surface area contributed by atoms with Crippen molar-refractivity contribution < 1.29 is 19.1 Å². The molecule has 0 saturated carbocycles. The van der Waals surface area contributed by atoms with Gasteiger partial charge in [0.25, 0.3) is 0 Å². The van der Waals surface area contributed by atoms with Crippen molar-refractivity contribution in [2.75, 3.05) is 5.32 Å². The van der Waals surface area contributed by atoms with Gasteiger partial charge in [-0.15, -0.1) is 0 Å². The highest BCUT2D eigenvalue weighted by molar-refractivity contribution is 5.89. The van der Waals surface area contributed by atoms with Gasteiger partial charge >= 0.3 is 6.09 Å². The molecule has 4 aromatic rings. The van der Waals surface area contributed by atoms with E-state index in [1.165, 1.54) is 12.4 Å². The van der Waals surface area contributed by atoms with Crippen molar-refractivity contribution in [1.29, 1.82) is 0 Å². The van der Waals surface area contributed by atoms with Crippen LogP contribution in [0.15, 0.2) is 55.0 Å². The third kappa shape index (κ3) is 3.43. The molecule has 29 heavy (non-hydrogen) atoms. The summed E-state index contributed by atoms with van der Waals surface area (Å²) in [5, 5.41) is 15.4. The Labute approximate surface area is 164 Å². The Morgan fingerprint density at radius 1 is 1.17 bits per heavy atom. The number of carboxylic acid groups (broad SMARTS) is 1. The fourth-order valence-electron chi connectivity index (χ4n) is 3.22. The number of nitrogens with one attached hydrogen (secondary N) is 1. The number of anilines is 1. The van der Waals surface area contributed by atoms with Crippen molar-refractivity contribution in [3.63, 3.8) is 0 Å². The molecule has 4 rings (SSSR count). The molecule has 2 heterocycles. The quantitative estimate of drug-likeness (QED) is 0.503. The summed E-state index contributed by atoms with van der Waals surface area (Å²) in [4.78, 5) is 26.2. The molecule has 2 N–H and O–H groups in total. The maximum Gasteiger partial charge on any atom is 0.409 e. The molecular formula is C21H15FN4O3. The number of amides is 1. The molecule has 0 bridgehead atoms. The molecule has 8 heteroatoms. The number of halogens is 1. The van der Waals surface area contributed by atoms with Gasteiger partial charge in [0.15, 0.2) is 0 Å². The standard InChI is InChI=1S/C21H15FN4O3/c1-12-17(7-16(22)8-18(12)25-21(28)29)20-19-6-15(9-26(19)24-11-23-20)14-4-2-13(10-27)3-5-14/h2-11,25H,1H3,(H,28,29). The zero-order chi connectivity index (χ0) is 20.5. The monoisotopic (exact) mass is 390 g/mol. The molecule has 1 amide bonds. The van der Waals surface area contributed by atoms with Gasteiger partial charge in [-0.1, -0.05) is 24.3 Å². The maximum absolute atomic E-state index is 14.2. The fourth-order valence-corrected chi connectivity index (χ4v) is 3.22. The number of nitrogens with zero attached hydrogens (tertiary/aromatic N) is 3. The van der Waals surface area contributed by atoms with Crippen LogP contribution < -0.4 is 5.32 Å². The van der Waals surface area contributed by atoms with Gasteiger partial charge in [-0.05, 0) is 36.2 Å². The lowest BCUT2D eigenvalue weighted by atomic mass is 10.0. The molecule has 0 radical (unpaired) electrons. The molecule has 0 aliphatic rings. The number of rotatable bonds is 4. The summed E-state index contributed by atoms with van der Waals surface area (Å²) in [5.41, 5.74) is 4.58. The Kier molecular flexibility index (Phi) is 4.52. The first-order valence-electron chi connectivity index (χ1n) is 8.65. The van der Waals surface area contributed by atoms with E-state index in [1.54, 1.807) is 23.6 Å². The van der Waals surface area contributed by atoms with Crippen LogP contribution >= 0.6 is 0 Å². The van der Waals surface area contributed by atoms with Crippen LogP contribution in [0.1, 0.15) is 15.9 Å². The highest BCUT2D eigenvalue weighted by atomic mass is 19.1. The average molecular weight is 390 g/mol. The van der Waals surface area contributed by atoms with Crippen molar-refractivity contribution in [2.24, 2.45) is 0 Å². The molecule has 2 aromatic carbocycles. The zero-order valence-electron chi connectivity index (χ0n) is 15.3. The number of hydrogen-bond donors (Lipinski definition) is 2. The zero-order valence-corrected chi connectivity index (χ0v) is 15.3. The minimum absolute atomic E-state index is 0.153. The predicted molar refractivity (Wildman–Crippen MR) is 106 cm³/mol. The van der Waals surface area contributed by atoms with Gasteiger partial charge in [-0.3, -0.25) is 10.1 Å². The van der Waals surface area contributed by atoms with E-state index in [-0.39, 0.29) is 5.69 Å². The summed E-state index contributed by atoms with van der Waals surface area (Å²) >= 11 is 0. The Balaban J connectivity index is 1.87. The lowest BCUT2D eigenvalue weighted by molar-refractivity contribution is 0.112. The van der Waals surface area contributed by atoms with Gasteiger partial charge in [0.1, 0.15) is 18.4 Å². The molecule has 0 atom stereocenters. The van der Waals surface area contributed by atoms with E-state index in [0.29, 0.717) is 27.9 Å². The molecule has 7 nitrogen and oxygen atoms in total. The average Bonchev–Trinajstić information content (AvgIpc) is 3.14. The molecule has 0 saturated heterocycles. The lowest BCUT2D eigenvalue weighted by Gasteiger charge is -2.12. The summed E-state index contributed by atoms with van der Waals surface area (Å²) in [5.74, 6) is -0.581. The number of aromatic nitrogens is 3. The number of benzene rings is 2. The van der Waals surface area contributed by atoms with Crippen LogP contribution in [-0.4, -0.2) is 32.1 Å². The lowest BCUT2D eigenvalue weighted by Crippen LogP contribution is -2.09. The second-order valence-electron chi connectivity index (χ2n) is 6.46.